The van der Waals surface area contributed by atoms with E-state index in [4.69, 9.17) is 31.7 Å². The van der Waals surface area contributed by atoms with Gasteiger partial charge in [-0.15, -0.1) is 0 Å². The number of carbonyl (C=O) groups excluding carboxylic acids is 2. The first-order valence-corrected chi connectivity index (χ1v) is 22.2. The molecule has 0 aromatic heterocycles. The van der Waals surface area contributed by atoms with Crippen LogP contribution in [0.2, 0.25) is 0 Å². The van der Waals surface area contributed by atoms with Crippen molar-refractivity contribution in [3.8, 4) is 0 Å². The number of esters is 2. The molecule has 310 valence electrons. The highest BCUT2D eigenvalue weighted by molar-refractivity contribution is 5.95. The summed E-state index contributed by atoms with van der Waals surface area (Å²) in [6.07, 6.45) is 25.5. The molecule has 0 saturated carbocycles. The van der Waals surface area contributed by atoms with Gasteiger partial charge in [-0.3, -0.25) is 25.0 Å². The number of hydrogen-bond donors (Lipinski definition) is 5. The number of allylic oxidation sites excluding steroid dienone is 1. The van der Waals surface area contributed by atoms with E-state index in [-0.39, 0.29) is 41.9 Å². The molecule has 0 amide bonds. The highest BCUT2D eigenvalue weighted by atomic mass is 16.5. The number of nitrogens with one attached hydrogen (secondary N) is 2. The summed E-state index contributed by atoms with van der Waals surface area (Å²) in [7, 11) is 0. The Bertz CT molecular complexity index is 1380. The zero-order valence-corrected chi connectivity index (χ0v) is 34.2. The number of nitrogens with two attached hydrogens (primary N) is 3. The van der Waals surface area contributed by atoms with Gasteiger partial charge < -0.3 is 31.6 Å². The largest absolute Gasteiger partial charge is 0.465 e. The molecule has 55 heavy (non-hydrogen) atoms. The third kappa shape index (κ3) is 12.2. The van der Waals surface area contributed by atoms with E-state index in [1.807, 2.05) is 4.90 Å². The van der Waals surface area contributed by atoms with E-state index in [2.05, 4.69) is 34.0 Å². The molecule has 5 rings (SSSR count). The molecule has 13 heteroatoms. The molecule has 0 aromatic rings. The van der Waals surface area contributed by atoms with Crippen LogP contribution in [0.4, 0.5) is 0 Å². The summed E-state index contributed by atoms with van der Waals surface area (Å²) in [5.41, 5.74) is 18.8. The van der Waals surface area contributed by atoms with Gasteiger partial charge in [0.1, 0.15) is 5.92 Å². The van der Waals surface area contributed by atoms with Crippen molar-refractivity contribution in [1.82, 2.24) is 15.5 Å². The summed E-state index contributed by atoms with van der Waals surface area (Å²) in [6.45, 7) is 6.56. The molecule has 0 spiro atoms. The van der Waals surface area contributed by atoms with E-state index in [1.165, 1.54) is 57.8 Å². The predicted molar refractivity (Wildman–Crippen MR) is 219 cm³/mol. The first-order chi connectivity index (χ1) is 26.8. The van der Waals surface area contributed by atoms with Crippen molar-refractivity contribution in [2.45, 2.75) is 192 Å². The van der Waals surface area contributed by atoms with Crippen molar-refractivity contribution in [2.24, 2.45) is 33.1 Å². The van der Waals surface area contributed by atoms with Crippen molar-refractivity contribution in [1.29, 1.82) is 0 Å². The van der Waals surface area contributed by atoms with Gasteiger partial charge in [0.05, 0.1) is 49.0 Å². The second-order valence-electron chi connectivity index (χ2n) is 16.7. The summed E-state index contributed by atoms with van der Waals surface area (Å²) in [4.78, 5) is 37.4. The van der Waals surface area contributed by atoms with Crippen LogP contribution in [0.15, 0.2) is 21.3 Å². The summed E-state index contributed by atoms with van der Waals surface area (Å²) in [6, 6.07) is 1.10. The topological polar surface area (TPSA) is 186 Å². The van der Waals surface area contributed by atoms with E-state index >= 15 is 0 Å². The lowest BCUT2D eigenvalue weighted by atomic mass is 9.89. The van der Waals surface area contributed by atoms with Crippen LogP contribution in [-0.4, -0.2) is 95.8 Å². The van der Waals surface area contributed by atoms with E-state index in [0.717, 1.165) is 102 Å². The summed E-state index contributed by atoms with van der Waals surface area (Å²) in [5, 5.41) is 7.50. The number of aliphatic imine (C=N–C) groups is 2. The molecule has 5 aliphatic heterocycles. The van der Waals surface area contributed by atoms with Crippen LogP contribution >= 0.6 is 0 Å². The van der Waals surface area contributed by atoms with Crippen LogP contribution in [0.5, 0.6) is 0 Å². The molecule has 0 bridgehead atoms. The summed E-state index contributed by atoms with van der Waals surface area (Å²) in [5.74, 6) is 1.30. The van der Waals surface area contributed by atoms with Gasteiger partial charge in [-0.05, 0) is 64.7 Å². The molecule has 0 radical (unpaired) electrons. The maximum absolute atomic E-state index is 13.4. The van der Waals surface area contributed by atoms with Gasteiger partial charge in [-0.2, -0.15) is 0 Å². The molecule has 5 aliphatic rings. The van der Waals surface area contributed by atoms with Crippen LogP contribution in [0.1, 0.15) is 162 Å². The van der Waals surface area contributed by atoms with E-state index < -0.39 is 0 Å². The molecular weight excluding hydrogens is 695 g/mol. The molecule has 0 aliphatic carbocycles. The third-order valence-corrected chi connectivity index (χ3v) is 12.4. The van der Waals surface area contributed by atoms with Crippen LogP contribution in [0.25, 0.3) is 0 Å². The number of ether oxygens (including phenoxy) is 2. The fourth-order valence-electron chi connectivity index (χ4n) is 9.57. The number of unbranched alkanes of at least 4 members (excludes halogenated alkanes) is 13. The van der Waals surface area contributed by atoms with E-state index in [1.54, 1.807) is 0 Å². The van der Waals surface area contributed by atoms with Crippen molar-refractivity contribution in [3.05, 3.63) is 11.3 Å². The Morgan fingerprint density at radius 2 is 1.55 bits per heavy atom. The lowest BCUT2D eigenvalue weighted by molar-refractivity contribution is -0.598. The fourth-order valence-corrected chi connectivity index (χ4v) is 9.57. The van der Waals surface area contributed by atoms with Gasteiger partial charge in [0, 0.05) is 25.2 Å². The minimum Gasteiger partial charge on any atom is -0.465 e. The molecular formula is C42H74N9O4+. The van der Waals surface area contributed by atoms with Gasteiger partial charge in [-0.25, -0.2) is 9.79 Å². The van der Waals surface area contributed by atoms with Gasteiger partial charge >= 0.3 is 17.9 Å². The monoisotopic (exact) mass is 769 g/mol. The molecule has 0 aromatic carbocycles. The Labute approximate surface area is 330 Å². The minimum atomic E-state index is -0.276. The lowest BCUT2D eigenvalue weighted by Crippen LogP contribution is -2.66. The zero-order valence-electron chi connectivity index (χ0n) is 34.2. The van der Waals surface area contributed by atoms with E-state index in [9.17, 15) is 9.59 Å². The fraction of sp³-hybridized carbons (Fsp3) is 0.833. The minimum absolute atomic E-state index is 0.0392. The number of rotatable bonds is 25. The zero-order chi connectivity index (χ0) is 39.0. The van der Waals surface area contributed by atoms with Crippen molar-refractivity contribution < 1.29 is 23.6 Å². The second kappa shape index (κ2) is 22.3. The van der Waals surface area contributed by atoms with Crippen LogP contribution in [0.3, 0.4) is 0 Å². The standard InChI is InChI=1S/C42H73N9O4/c1-3-4-5-6-8-11-14-20-31-29-32-23-24-35-36(30(2)47-42(48-31)51(32)35)38(52)54-27-17-13-10-7-9-12-15-21-33-37(34-22-19-26-50(34)41(45)49-33)39(53)55-28-18-16-25-46-40(43)44/h30-33,35-36H,3-29H2,1-2H3,(H7,43,44,45,46,47,48,49)/p+1/t30-,31-,32+,33-,35+,36-/m1/s1. The normalized spacial score (nSPS) is 25.5. The van der Waals surface area contributed by atoms with Crippen LogP contribution < -0.4 is 27.8 Å². The molecule has 8 N–H and O–H groups in total. The Balaban J connectivity index is 0.945. The molecule has 13 nitrogen and oxygen atoms in total. The average Bonchev–Trinajstić information content (AvgIpc) is 3.82. The predicted octanol–water partition coefficient (Wildman–Crippen LogP) is 5.30. The van der Waals surface area contributed by atoms with Gasteiger partial charge in [0.25, 0.3) is 0 Å². The van der Waals surface area contributed by atoms with Crippen LogP contribution in [0, 0.1) is 5.92 Å². The smallest absolute Gasteiger partial charge is 0.346 e. The maximum atomic E-state index is 13.4. The van der Waals surface area contributed by atoms with Gasteiger partial charge in [0.15, 0.2) is 11.9 Å². The quantitative estimate of drug-likeness (QED) is 0.0268. The number of fused-ring (bicyclic) bond motifs is 1. The first kappa shape index (κ1) is 42.6. The highest BCUT2D eigenvalue weighted by Gasteiger charge is 2.52. The molecule has 2 fully saturated rings. The lowest BCUT2D eigenvalue weighted by Gasteiger charge is -2.38. The van der Waals surface area contributed by atoms with Crippen molar-refractivity contribution in [3.63, 3.8) is 0 Å². The first-order valence-electron chi connectivity index (χ1n) is 22.2. The average molecular weight is 769 g/mol. The third-order valence-electron chi connectivity index (χ3n) is 12.4. The number of nitrogens with zero attached hydrogens (tertiary/aromatic N) is 4. The molecule has 6 atom stereocenters. The Kier molecular flexibility index (Phi) is 17.3. The van der Waals surface area contributed by atoms with Crippen LogP contribution in [-0.2, 0) is 19.1 Å². The maximum Gasteiger partial charge on any atom is 0.346 e. The van der Waals surface area contributed by atoms with Crippen molar-refractivity contribution >= 4 is 29.8 Å². The highest BCUT2D eigenvalue weighted by Crippen LogP contribution is 2.36. The Hall–Kier alpha value is -3.51. The van der Waals surface area contributed by atoms with E-state index in [0.29, 0.717) is 49.8 Å². The molecule has 5 heterocycles. The number of carbonyl (C=O) groups is 2. The number of hydrogen-bond acceptors (Lipinski definition) is 10. The summed E-state index contributed by atoms with van der Waals surface area (Å²) < 4.78 is 14.1. The Morgan fingerprint density at radius 1 is 0.873 bits per heavy atom. The van der Waals surface area contributed by atoms with Gasteiger partial charge in [-0.1, -0.05) is 90.4 Å². The van der Waals surface area contributed by atoms with Gasteiger partial charge in [0.2, 0.25) is 0 Å². The number of guanidine groups is 3. The Morgan fingerprint density at radius 3 is 2.29 bits per heavy atom. The molecule has 2 saturated heterocycles. The van der Waals surface area contributed by atoms with Crippen molar-refractivity contribution in [2.75, 3.05) is 26.3 Å². The SMILES string of the molecule is CCCCCCCCC[C@@H]1C[C@@H]2CC[C@H]3[C@H](C(=O)OCCCCCCCCC[C@H]4N=C(N)N5CCCC5=C4C(=O)OCCCCN=C(N)N)[C@@H](C)NC(=[N+]23)N1. The molecule has 0 unspecified atom stereocenters. The second-order valence-corrected chi connectivity index (χ2v) is 16.7. The summed E-state index contributed by atoms with van der Waals surface area (Å²) >= 11 is 0.